The zero-order valence-corrected chi connectivity index (χ0v) is 13.8. The van der Waals surface area contributed by atoms with Crippen LogP contribution in [-0.2, 0) is 14.9 Å². The van der Waals surface area contributed by atoms with E-state index in [0.717, 1.165) is 19.3 Å². The Morgan fingerprint density at radius 3 is 2.19 bits per heavy atom. The summed E-state index contributed by atoms with van der Waals surface area (Å²) in [6.07, 6.45) is 2.98. The van der Waals surface area contributed by atoms with Gasteiger partial charge in [-0.3, -0.25) is 0 Å². The first-order valence-electron chi connectivity index (χ1n) is 8.02. The summed E-state index contributed by atoms with van der Waals surface area (Å²) in [6, 6.07) is 0.248. The third kappa shape index (κ3) is 3.12. The molecule has 0 spiro atoms. The lowest BCUT2D eigenvalue weighted by Gasteiger charge is -2.36. The van der Waals surface area contributed by atoms with Crippen LogP contribution in [-0.4, -0.2) is 61.5 Å². The van der Waals surface area contributed by atoms with Crippen molar-refractivity contribution in [2.24, 2.45) is 17.6 Å². The molecule has 3 aliphatic rings. The van der Waals surface area contributed by atoms with Gasteiger partial charge in [-0.1, -0.05) is 0 Å². The summed E-state index contributed by atoms with van der Waals surface area (Å²) in [5.74, 6) is 0.940. The number of fused-ring (bicyclic) bond motifs is 1. The molecule has 1 aliphatic carbocycles. The SMILES string of the molecule is CC1CN(S(=O)(=O)N2C[C@H]3CCC(N)C[C@H]3C2)CC(C)O1. The second-order valence-electron chi connectivity index (χ2n) is 6.99. The fraction of sp³-hybridized carbons (Fsp3) is 1.00. The molecule has 0 aromatic rings. The van der Waals surface area contributed by atoms with Crippen LogP contribution in [0.4, 0.5) is 0 Å². The second kappa shape index (κ2) is 5.77. The Morgan fingerprint density at radius 2 is 1.52 bits per heavy atom. The van der Waals surface area contributed by atoms with Crippen LogP contribution in [0.25, 0.3) is 0 Å². The average molecular weight is 317 g/mol. The largest absolute Gasteiger partial charge is 0.373 e. The quantitative estimate of drug-likeness (QED) is 0.800. The van der Waals surface area contributed by atoms with Gasteiger partial charge in [0.15, 0.2) is 0 Å². The normalized spacial score (nSPS) is 42.9. The van der Waals surface area contributed by atoms with Gasteiger partial charge in [-0.25, -0.2) is 0 Å². The van der Waals surface area contributed by atoms with Crippen LogP contribution in [0.3, 0.4) is 0 Å². The van der Waals surface area contributed by atoms with E-state index < -0.39 is 10.2 Å². The standard InChI is InChI=1S/C14H27N3O3S/c1-10-6-16(7-11(2)20-10)21(18,19)17-8-12-3-4-14(15)5-13(12)9-17/h10-14H,3-9,15H2,1-2H3/t10?,11?,12-,13+,14?/m1/s1. The Hall–Kier alpha value is -0.210. The van der Waals surface area contributed by atoms with Gasteiger partial charge in [0.2, 0.25) is 0 Å². The van der Waals surface area contributed by atoms with Crippen LogP contribution in [0.2, 0.25) is 0 Å². The number of rotatable bonds is 2. The van der Waals surface area contributed by atoms with Crippen LogP contribution in [0.5, 0.6) is 0 Å². The molecule has 0 radical (unpaired) electrons. The molecule has 5 atom stereocenters. The molecule has 3 fully saturated rings. The van der Waals surface area contributed by atoms with Crippen molar-refractivity contribution in [1.29, 1.82) is 0 Å². The van der Waals surface area contributed by atoms with Gasteiger partial charge in [0.25, 0.3) is 10.2 Å². The van der Waals surface area contributed by atoms with E-state index in [1.165, 1.54) is 0 Å². The summed E-state index contributed by atoms with van der Waals surface area (Å²) in [5, 5.41) is 0. The van der Waals surface area contributed by atoms with Crippen molar-refractivity contribution in [1.82, 2.24) is 8.61 Å². The summed E-state index contributed by atoms with van der Waals surface area (Å²) in [6.45, 7) is 6.08. The highest BCUT2D eigenvalue weighted by Crippen LogP contribution is 2.37. The fourth-order valence-corrected chi connectivity index (χ4v) is 5.98. The van der Waals surface area contributed by atoms with E-state index in [2.05, 4.69) is 0 Å². The first-order chi connectivity index (χ1) is 9.86. The van der Waals surface area contributed by atoms with Gasteiger partial charge >= 0.3 is 0 Å². The lowest BCUT2D eigenvalue weighted by Crippen LogP contribution is -2.52. The van der Waals surface area contributed by atoms with E-state index in [1.807, 2.05) is 13.8 Å². The van der Waals surface area contributed by atoms with Crippen molar-refractivity contribution in [3.8, 4) is 0 Å². The van der Waals surface area contributed by atoms with E-state index in [0.29, 0.717) is 38.0 Å². The summed E-state index contributed by atoms with van der Waals surface area (Å²) in [4.78, 5) is 0. The molecule has 21 heavy (non-hydrogen) atoms. The molecule has 3 rings (SSSR count). The van der Waals surface area contributed by atoms with Gasteiger partial charge in [0.05, 0.1) is 12.2 Å². The smallest absolute Gasteiger partial charge is 0.282 e. The lowest BCUT2D eigenvalue weighted by atomic mass is 9.79. The zero-order valence-electron chi connectivity index (χ0n) is 12.9. The average Bonchev–Trinajstić information content (AvgIpc) is 2.81. The van der Waals surface area contributed by atoms with Gasteiger partial charge < -0.3 is 10.5 Å². The lowest BCUT2D eigenvalue weighted by molar-refractivity contribution is -0.0453. The minimum absolute atomic E-state index is 0.0400. The Morgan fingerprint density at radius 1 is 0.952 bits per heavy atom. The molecular formula is C14H27N3O3S. The van der Waals surface area contributed by atoms with Crippen LogP contribution < -0.4 is 5.73 Å². The molecule has 2 N–H and O–H groups in total. The van der Waals surface area contributed by atoms with Crippen molar-refractivity contribution in [2.45, 2.75) is 51.4 Å². The van der Waals surface area contributed by atoms with Crippen molar-refractivity contribution in [2.75, 3.05) is 26.2 Å². The van der Waals surface area contributed by atoms with Gasteiger partial charge in [0.1, 0.15) is 0 Å². The zero-order chi connectivity index (χ0) is 15.2. The molecule has 3 unspecified atom stereocenters. The third-order valence-corrected chi connectivity index (χ3v) is 7.00. The molecule has 122 valence electrons. The maximum atomic E-state index is 12.9. The summed E-state index contributed by atoms with van der Waals surface area (Å²) in [7, 11) is -3.36. The number of morpholine rings is 1. The van der Waals surface area contributed by atoms with Crippen LogP contribution >= 0.6 is 0 Å². The highest BCUT2D eigenvalue weighted by molar-refractivity contribution is 7.86. The predicted molar refractivity (Wildman–Crippen MR) is 80.9 cm³/mol. The number of hydrogen-bond acceptors (Lipinski definition) is 4. The van der Waals surface area contributed by atoms with Gasteiger partial charge in [-0.2, -0.15) is 17.0 Å². The monoisotopic (exact) mass is 317 g/mol. The minimum Gasteiger partial charge on any atom is -0.373 e. The molecule has 0 bridgehead atoms. The van der Waals surface area contributed by atoms with E-state index in [-0.39, 0.29) is 18.2 Å². The summed E-state index contributed by atoms with van der Waals surface area (Å²) < 4.78 is 34.7. The number of hydrogen-bond donors (Lipinski definition) is 1. The summed E-state index contributed by atoms with van der Waals surface area (Å²) in [5.41, 5.74) is 6.03. The van der Waals surface area contributed by atoms with Gasteiger partial charge in [-0.15, -0.1) is 0 Å². The van der Waals surface area contributed by atoms with E-state index >= 15 is 0 Å². The number of nitrogens with zero attached hydrogens (tertiary/aromatic N) is 2. The number of nitrogens with two attached hydrogens (primary N) is 1. The number of ether oxygens (including phenoxy) is 1. The van der Waals surface area contributed by atoms with E-state index in [4.69, 9.17) is 10.5 Å². The van der Waals surface area contributed by atoms with Crippen LogP contribution in [0.15, 0.2) is 0 Å². The molecule has 0 amide bonds. The highest BCUT2D eigenvalue weighted by atomic mass is 32.2. The molecule has 0 aromatic heterocycles. The van der Waals surface area contributed by atoms with Crippen molar-refractivity contribution in [3.63, 3.8) is 0 Å². The second-order valence-corrected chi connectivity index (χ2v) is 8.92. The molecule has 2 aliphatic heterocycles. The molecular weight excluding hydrogens is 290 g/mol. The van der Waals surface area contributed by atoms with Crippen molar-refractivity contribution in [3.05, 3.63) is 0 Å². The highest BCUT2D eigenvalue weighted by Gasteiger charge is 2.44. The molecule has 2 saturated heterocycles. The maximum absolute atomic E-state index is 12.9. The Kier molecular flexibility index (Phi) is 4.31. The van der Waals surface area contributed by atoms with Gasteiger partial charge in [0, 0.05) is 32.2 Å². The van der Waals surface area contributed by atoms with Crippen LogP contribution in [0.1, 0.15) is 33.1 Å². The molecule has 1 saturated carbocycles. The first-order valence-corrected chi connectivity index (χ1v) is 9.42. The van der Waals surface area contributed by atoms with E-state index in [9.17, 15) is 8.42 Å². The van der Waals surface area contributed by atoms with E-state index in [1.54, 1.807) is 8.61 Å². The predicted octanol–water partition coefficient (Wildman–Crippen LogP) is 0.400. The fourth-order valence-electron chi connectivity index (χ4n) is 4.10. The Labute approximate surface area is 127 Å². The third-order valence-electron chi connectivity index (χ3n) is 5.10. The summed E-state index contributed by atoms with van der Waals surface area (Å²) >= 11 is 0. The van der Waals surface area contributed by atoms with Crippen LogP contribution in [0, 0.1) is 11.8 Å². The Balaban J connectivity index is 1.71. The molecule has 7 heteroatoms. The van der Waals surface area contributed by atoms with Gasteiger partial charge in [-0.05, 0) is 44.9 Å². The topological polar surface area (TPSA) is 75.9 Å². The minimum atomic E-state index is -3.36. The Bertz CT molecular complexity index is 474. The van der Waals surface area contributed by atoms with Crippen molar-refractivity contribution < 1.29 is 13.2 Å². The molecule has 0 aromatic carbocycles. The van der Waals surface area contributed by atoms with Crippen molar-refractivity contribution >= 4 is 10.2 Å². The molecule has 2 heterocycles. The molecule has 6 nitrogen and oxygen atoms in total. The first kappa shape index (κ1) is 15.7. The maximum Gasteiger partial charge on any atom is 0.282 e.